The fraction of sp³-hybridized carbons (Fsp3) is 0.0833. The minimum Gasteiger partial charge on any atom is -0.384 e. The molecule has 0 unspecified atom stereocenters. The zero-order valence-electron chi connectivity index (χ0n) is 8.44. The number of aromatic nitrogens is 2. The van der Waals surface area contributed by atoms with Gasteiger partial charge in [-0.25, -0.2) is 0 Å². The van der Waals surface area contributed by atoms with Crippen molar-refractivity contribution < 1.29 is 0 Å². The molecule has 3 nitrogen and oxygen atoms in total. The van der Waals surface area contributed by atoms with E-state index in [-0.39, 0.29) is 0 Å². The Hall–Kier alpha value is -2.21. The monoisotopic (exact) mass is 197 g/mol. The fourth-order valence-corrected chi connectivity index (χ4v) is 1.36. The standard InChI is InChI=1S/C12H11N3/c1-3-9-4-6-10(7-5-9)11-8-12(13)15(2)14-11/h1,4-8H,13H2,2H3. The summed E-state index contributed by atoms with van der Waals surface area (Å²) in [6.07, 6.45) is 5.28. The lowest BCUT2D eigenvalue weighted by molar-refractivity contribution is 0.782. The van der Waals surface area contributed by atoms with Crippen LogP contribution >= 0.6 is 0 Å². The Balaban J connectivity index is 2.42. The summed E-state index contributed by atoms with van der Waals surface area (Å²) in [4.78, 5) is 0. The second-order valence-electron chi connectivity index (χ2n) is 3.30. The van der Waals surface area contributed by atoms with Crippen molar-refractivity contribution in [1.29, 1.82) is 0 Å². The molecule has 1 aromatic carbocycles. The van der Waals surface area contributed by atoms with Gasteiger partial charge in [-0.05, 0) is 12.1 Å². The first-order valence-corrected chi connectivity index (χ1v) is 4.57. The highest BCUT2D eigenvalue weighted by Crippen LogP contribution is 2.19. The van der Waals surface area contributed by atoms with E-state index in [0.717, 1.165) is 16.8 Å². The van der Waals surface area contributed by atoms with Crippen LogP contribution < -0.4 is 5.73 Å². The van der Waals surface area contributed by atoms with Crippen molar-refractivity contribution in [3.05, 3.63) is 35.9 Å². The fourth-order valence-electron chi connectivity index (χ4n) is 1.36. The third-order valence-electron chi connectivity index (χ3n) is 2.26. The van der Waals surface area contributed by atoms with Gasteiger partial charge in [0.05, 0.1) is 5.69 Å². The van der Waals surface area contributed by atoms with Crippen LogP contribution in [-0.2, 0) is 7.05 Å². The molecule has 74 valence electrons. The van der Waals surface area contributed by atoms with E-state index in [2.05, 4.69) is 11.0 Å². The molecule has 0 saturated carbocycles. The van der Waals surface area contributed by atoms with Crippen molar-refractivity contribution in [2.24, 2.45) is 7.05 Å². The molecule has 0 aliphatic carbocycles. The van der Waals surface area contributed by atoms with E-state index < -0.39 is 0 Å². The molecular formula is C12H11N3. The number of anilines is 1. The van der Waals surface area contributed by atoms with Gasteiger partial charge in [-0.1, -0.05) is 18.1 Å². The van der Waals surface area contributed by atoms with Gasteiger partial charge in [-0.3, -0.25) is 4.68 Å². The topological polar surface area (TPSA) is 43.8 Å². The first-order chi connectivity index (χ1) is 7.20. The maximum Gasteiger partial charge on any atom is 0.121 e. The molecule has 0 bridgehead atoms. The summed E-state index contributed by atoms with van der Waals surface area (Å²) in [5.41, 5.74) is 8.44. The van der Waals surface area contributed by atoms with Crippen molar-refractivity contribution >= 4 is 5.82 Å². The molecule has 0 spiro atoms. The number of nitrogens with two attached hydrogens (primary N) is 1. The van der Waals surface area contributed by atoms with Gasteiger partial charge >= 0.3 is 0 Å². The first-order valence-electron chi connectivity index (χ1n) is 4.57. The van der Waals surface area contributed by atoms with Crippen LogP contribution in [-0.4, -0.2) is 9.78 Å². The summed E-state index contributed by atoms with van der Waals surface area (Å²) in [7, 11) is 1.81. The van der Waals surface area contributed by atoms with Crippen LogP contribution in [0.1, 0.15) is 5.56 Å². The van der Waals surface area contributed by atoms with Crippen LogP contribution in [0.5, 0.6) is 0 Å². The summed E-state index contributed by atoms with van der Waals surface area (Å²) in [6.45, 7) is 0. The van der Waals surface area contributed by atoms with Gasteiger partial charge in [0.1, 0.15) is 5.82 Å². The molecule has 15 heavy (non-hydrogen) atoms. The SMILES string of the molecule is C#Cc1ccc(-c2cc(N)n(C)n2)cc1. The first kappa shape index (κ1) is 9.35. The molecule has 0 radical (unpaired) electrons. The Morgan fingerprint density at radius 2 is 2.00 bits per heavy atom. The minimum atomic E-state index is 0.644. The van der Waals surface area contributed by atoms with Gasteiger partial charge in [-0.2, -0.15) is 5.10 Å². The van der Waals surface area contributed by atoms with Crippen LogP contribution in [0.15, 0.2) is 30.3 Å². The molecule has 2 rings (SSSR count). The average molecular weight is 197 g/mol. The highest BCUT2D eigenvalue weighted by atomic mass is 15.3. The number of benzene rings is 1. The van der Waals surface area contributed by atoms with E-state index in [0.29, 0.717) is 5.82 Å². The Bertz CT molecular complexity index is 495. The Labute approximate surface area is 88.5 Å². The van der Waals surface area contributed by atoms with Crippen molar-refractivity contribution in [2.45, 2.75) is 0 Å². The number of nitrogen functional groups attached to an aromatic ring is 1. The van der Waals surface area contributed by atoms with E-state index >= 15 is 0 Å². The highest BCUT2D eigenvalue weighted by molar-refractivity contribution is 5.63. The molecule has 0 aliphatic rings. The minimum absolute atomic E-state index is 0.644. The molecule has 0 aliphatic heterocycles. The van der Waals surface area contributed by atoms with Crippen LogP contribution in [0.3, 0.4) is 0 Å². The molecular weight excluding hydrogens is 186 g/mol. The van der Waals surface area contributed by atoms with E-state index in [1.54, 1.807) is 4.68 Å². The quantitative estimate of drug-likeness (QED) is 0.706. The van der Waals surface area contributed by atoms with Crippen molar-refractivity contribution in [2.75, 3.05) is 5.73 Å². The van der Waals surface area contributed by atoms with Crippen LogP contribution in [0, 0.1) is 12.3 Å². The number of nitrogens with zero attached hydrogens (tertiary/aromatic N) is 2. The molecule has 0 saturated heterocycles. The van der Waals surface area contributed by atoms with Crippen LogP contribution in [0.25, 0.3) is 11.3 Å². The predicted molar refractivity (Wildman–Crippen MR) is 61.0 cm³/mol. The molecule has 1 aromatic heterocycles. The highest BCUT2D eigenvalue weighted by Gasteiger charge is 2.03. The zero-order valence-corrected chi connectivity index (χ0v) is 8.44. The van der Waals surface area contributed by atoms with Crippen molar-refractivity contribution in [3.8, 4) is 23.6 Å². The molecule has 3 heteroatoms. The lowest BCUT2D eigenvalue weighted by atomic mass is 10.1. The lowest BCUT2D eigenvalue weighted by Gasteiger charge is -1.96. The molecule has 2 N–H and O–H groups in total. The number of rotatable bonds is 1. The van der Waals surface area contributed by atoms with Gasteiger partial charge in [0.2, 0.25) is 0 Å². The second-order valence-corrected chi connectivity index (χ2v) is 3.30. The molecule has 0 fully saturated rings. The second kappa shape index (κ2) is 3.50. The van der Waals surface area contributed by atoms with Crippen LogP contribution in [0.2, 0.25) is 0 Å². The molecule has 0 amide bonds. The maximum atomic E-state index is 5.70. The van der Waals surface area contributed by atoms with E-state index in [4.69, 9.17) is 12.2 Å². The summed E-state index contributed by atoms with van der Waals surface area (Å²) in [6, 6.07) is 9.50. The Morgan fingerprint density at radius 1 is 1.33 bits per heavy atom. The number of terminal acetylenes is 1. The summed E-state index contributed by atoms with van der Waals surface area (Å²) in [5.74, 6) is 3.22. The van der Waals surface area contributed by atoms with E-state index in [1.807, 2.05) is 37.4 Å². The van der Waals surface area contributed by atoms with E-state index in [1.165, 1.54) is 0 Å². The van der Waals surface area contributed by atoms with Gasteiger partial charge in [0, 0.05) is 24.2 Å². The molecule has 0 atom stereocenters. The van der Waals surface area contributed by atoms with Gasteiger partial charge < -0.3 is 5.73 Å². The third-order valence-corrected chi connectivity index (χ3v) is 2.26. The van der Waals surface area contributed by atoms with Gasteiger partial charge in [0.15, 0.2) is 0 Å². The Morgan fingerprint density at radius 3 is 2.47 bits per heavy atom. The number of hydrogen-bond acceptors (Lipinski definition) is 2. The molecule has 1 heterocycles. The van der Waals surface area contributed by atoms with Crippen LogP contribution in [0.4, 0.5) is 5.82 Å². The summed E-state index contributed by atoms with van der Waals surface area (Å²) >= 11 is 0. The number of aryl methyl sites for hydroxylation is 1. The molecule has 2 aromatic rings. The summed E-state index contributed by atoms with van der Waals surface area (Å²) < 4.78 is 1.64. The average Bonchev–Trinajstić information content (AvgIpc) is 2.59. The van der Waals surface area contributed by atoms with Gasteiger partial charge in [0.25, 0.3) is 0 Å². The number of hydrogen-bond donors (Lipinski definition) is 1. The lowest BCUT2D eigenvalue weighted by Crippen LogP contribution is -1.96. The smallest absolute Gasteiger partial charge is 0.121 e. The normalized spacial score (nSPS) is 9.87. The maximum absolute atomic E-state index is 5.70. The van der Waals surface area contributed by atoms with Crippen molar-refractivity contribution in [1.82, 2.24) is 9.78 Å². The van der Waals surface area contributed by atoms with E-state index in [9.17, 15) is 0 Å². The summed E-state index contributed by atoms with van der Waals surface area (Å²) in [5, 5.41) is 4.28. The third kappa shape index (κ3) is 1.70. The van der Waals surface area contributed by atoms with Crippen molar-refractivity contribution in [3.63, 3.8) is 0 Å². The Kier molecular flexibility index (Phi) is 2.18. The predicted octanol–water partition coefficient (Wildman–Crippen LogP) is 1.65. The zero-order chi connectivity index (χ0) is 10.8. The largest absolute Gasteiger partial charge is 0.384 e. The van der Waals surface area contributed by atoms with Gasteiger partial charge in [-0.15, -0.1) is 6.42 Å².